The van der Waals surface area contributed by atoms with Crippen LogP contribution in [0.1, 0.15) is 6.92 Å². The van der Waals surface area contributed by atoms with Crippen molar-refractivity contribution in [2.24, 2.45) is 5.73 Å². The molecule has 1 amide bonds. The van der Waals surface area contributed by atoms with Crippen molar-refractivity contribution in [2.75, 3.05) is 0 Å². The first-order valence-electron chi connectivity index (χ1n) is 4.72. The first kappa shape index (κ1) is 11.5. The molecule has 88 valence electrons. The molecule has 0 aromatic carbocycles. The van der Waals surface area contributed by atoms with Gasteiger partial charge in [-0.25, -0.2) is 4.98 Å². The molecule has 2 aromatic rings. The van der Waals surface area contributed by atoms with Gasteiger partial charge in [0, 0.05) is 12.4 Å². The van der Waals surface area contributed by atoms with E-state index in [1.165, 1.54) is 12.4 Å². The molecule has 2 aromatic heterocycles. The first-order valence-corrected chi connectivity index (χ1v) is 5.60. The summed E-state index contributed by atoms with van der Waals surface area (Å²) in [6.45, 7) is 1.67. The zero-order chi connectivity index (χ0) is 12.3. The number of carbonyl (C=O) groups excluding carboxylic acids is 1. The van der Waals surface area contributed by atoms with E-state index >= 15 is 0 Å². The summed E-state index contributed by atoms with van der Waals surface area (Å²) < 4.78 is 5.32. The van der Waals surface area contributed by atoms with E-state index < -0.39 is 11.2 Å². The van der Waals surface area contributed by atoms with Crippen molar-refractivity contribution < 1.29 is 9.21 Å². The van der Waals surface area contributed by atoms with Crippen LogP contribution in [-0.2, 0) is 4.79 Å². The lowest BCUT2D eigenvalue weighted by Crippen LogP contribution is -2.22. The molecular formula is C9H9N5O2S. The number of nitrogens with zero attached hydrogens (tertiary/aromatic N) is 4. The van der Waals surface area contributed by atoms with Crippen molar-refractivity contribution in [1.29, 1.82) is 0 Å². The summed E-state index contributed by atoms with van der Waals surface area (Å²) in [7, 11) is 0. The number of rotatable bonds is 4. The maximum absolute atomic E-state index is 10.9. The van der Waals surface area contributed by atoms with Crippen molar-refractivity contribution in [1.82, 2.24) is 20.2 Å². The Morgan fingerprint density at radius 2 is 2.29 bits per heavy atom. The number of hydrogen-bond donors (Lipinski definition) is 1. The number of nitrogens with two attached hydrogens (primary N) is 1. The molecule has 8 heteroatoms. The van der Waals surface area contributed by atoms with Gasteiger partial charge in [-0.3, -0.25) is 9.78 Å². The van der Waals surface area contributed by atoms with Crippen molar-refractivity contribution in [3.63, 3.8) is 0 Å². The fourth-order valence-electron chi connectivity index (χ4n) is 0.980. The monoisotopic (exact) mass is 251 g/mol. The highest BCUT2D eigenvalue weighted by atomic mass is 32.2. The quantitative estimate of drug-likeness (QED) is 0.788. The second kappa shape index (κ2) is 4.91. The molecule has 7 nitrogen and oxygen atoms in total. The van der Waals surface area contributed by atoms with Gasteiger partial charge in [0.05, 0.1) is 11.4 Å². The van der Waals surface area contributed by atoms with Crippen molar-refractivity contribution in [2.45, 2.75) is 17.4 Å². The van der Waals surface area contributed by atoms with Crippen LogP contribution >= 0.6 is 11.8 Å². The van der Waals surface area contributed by atoms with E-state index in [0.717, 1.165) is 11.8 Å². The minimum atomic E-state index is -0.436. The lowest BCUT2D eigenvalue weighted by Gasteiger charge is -2.00. The van der Waals surface area contributed by atoms with Gasteiger partial charge in [-0.15, -0.1) is 10.2 Å². The zero-order valence-electron chi connectivity index (χ0n) is 8.90. The highest BCUT2D eigenvalue weighted by Gasteiger charge is 2.16. The van der Waals surface area contributed by atoms with Gasteiger partial charge in [-0.1, -0.05) is 11.8 Å². The van der Waals surface area contributed by atoms with Gasteiger partial charge in [0.15, 0.2) is 0 Å². The summed E-state index contributed by atoms with van der Waals surface area (Å²) in [5.41, 5.74) is 5.61. The maximum Gasteiger partial charge on any atom is 0.277 e. The standard InChI is InChI=1S/C9H9N5O2S/c1-5(7(10)15)17-9-14-13-8(16-9)6-4-11-2-3-12-6/h2-5H,1H3,(H2,10,15). The molecule has 0 saturated heterocycles. The molecule has 1 atom stereocenters. The smallest absolute Gasteiger partial charge is 0.277 e. The van der Waals surface area contributed by atoms with E-state index in [4.69, 9.17) is 10.2 Å². The topological polar surface area (TPSA) is 108 Å². The van der Waals surface area contributed by atoms with Crippen LogP contribution in [-0.4, -0.2) is 31.3 Å². The number of carbonyl (C=O) groups is 1. The molecule has 0 aliphatic carbocycles. The van der Waals surface area contributed by atoms with Crippen LogP contribution in [0.25, 0.3) is 11.6 Å². The second-order valence-electron chi connectivity index (χ2n) is 3.13. The number of primary amides is 1. The van der Waals surface area contributed by atoms with Crippen molar-refractivity contribution in [3.8, 4) is 11.6 Å². The van der Waals surface area contributed by atoms with E-state index in [-0.39, 0.29) is 11.1 Å². The Morgan fingerprint density at radius 1 is 1.47 bits per heavy atom. The molecule has 0 saturated carbocycles. The minimum absolute atomic E-state index is 0.261. The molecular weight excluding hydrogens is 242 g/mol. The van der Waals surface area contributed by atoms with Gasteiger partial charge in [-0.05, 0) is 6.92 Å². The fourth-order valence-corrected chi connectivity index (χ4v) is 1.61. The average Bonchev–Trinajstić information content (AvgIpc) is 2.78. The van der Waals surface area contributed by atoms with Gasteiger partial charge in [-0.2, -0.15) is 0 Å². The molecule has 0 radical (unpaired) electrons. The molecule has 0 spiro atoms. The van der Waals surface area contributed by atoms with E-state index in [0.29, 0.717) is 5.69 Å². The Bertz CT molecular complexity index is 515. The van der Waals surface area contributed by atoms with Crippen molar-refractivity contribution in [3.05, 3.63) is 18.6 Å². The third kappa shape index (κ3) is 2.78. The Balaban J connectivity index is 2.14. The average molecular weight is 251 g/mol. The number of thioether (sulfide) groups is 1. The summed E-state index contributed by atoms with van der Waals surface area (Å²) in [6, 6.07) is 0. The van der Waals surface area contributed by atoms with Crippen LogP contribution in [0.3, 0.4) is 0 Å². The Kier molecular flexibility index (Phi) is 3.33. The third-order valence-corrected chi connectivity index (χ3v) is 2.82. The molecule has 2 rings (SSSR count). The van der Waals surface area contributed by atoms with Gasteiger partial charge >= 0.3 is 0 Å². The van der Waals surface area contributed by atoms with E-state index in [2.05, 4.69) is 20.2 Å². The molecule has 2 heterocycles. The first-order chi connectivity index (χ1) is 8.16. The summed E-state index contributed by atoms with van der Waals surface area (Å²) >= 11 is 1.10. The largest absolute Gasteiger partial charge is 0.410 e. The minimum Gasteiger partial charge on any atom is -0.410 e. The zero-order valence-corrected chi connectivity index (χ0v) is 9.72. The fraction of sp³-hybridized carbons (Fsp3) is 0.222. The Morgan fingerprint density at radius 3 is 2.94 bits per heavy atom. The molecule has 0 aliphatic rings. The Labute approximate surface area is 101 Å². The summed E-state index contributed by atoms with van der Waals surface area (Å²) in [4.78, 5) is 18.8. The van der Waals surface area contributed by atoms with E-state index in [1.807, 2.05) is 0 Å². The normalized spacial score (nSPS) is 12.3. The molecule has 17 heavy (non-hydrogen) atoms. The van der Waals surface area contributed by atoms with E-state index in [9.17, 15) is 4.79 Å². The van der Waals surface area contributed by atoms with Crippen LogP contribution in [0.4, 0.5) is 0 Å². The van der Waals surface area contributed by atoms with Crippen molar-refractivity contribution >= 4 is 17.7 Å². The molecule has 0 bridgehead atoms. The van der Waals surface area contributed by atoms with E-state index in [1.54, 1.807) is 13.1 Å². The van der Waals surface area contributed by atoms with Gasteiger partial charge in [0.25, 0.3) is 11.1 Å². The summed E-state index contributed by atoms with van der Waals surface area (Å²) in [5.74, 6) is -0.175. The maximum atomic E-state index is 10.9. The lowest BCUT2D eigenvalue weighted by molar-refractivity contribution is -0.117. The van der Waals surface area contributed by atoms with Crippen LogP contribution in [0.15, 0.2) is 28.2 Å². The molecule has 1 unspecified atom stereocenters. The Hall–Kier alpha value is -1.96. The highest BCUT2D eigenvalue weighted by Crippen LogP contribution is 2.24. The van der Waals surface area contributed by atoms with Crippen LogP contribution in [0, 0.1) is 0 Å². The summed E-state index contributed by atoms with van der Waals surface area (Å²) in [5, 5.41) is 7.44. The molecule has 0 aliphatic heterocycles. The van der Waals surface area contributed by atoms with Crippen LogP contribution in [0.5, 0.6) is 0 Å². The molecule has 0 fully saturated rings. The van der Waals surface area contributed by atoms with Crippen LogP contribution < -0.4 is 5.73 Å². The second-order valence-corrected chi connectivity index (χ2v) is 4.42. The predicted molar refractivity (Wildman–Crippen MR) is 59.8 cm³/mol. The predicted octanol–water partition coefficient (Wildman–Crippen LogP) is 0.492. The SMILES string of the molecule is CC(Sc1nnc(-c2cnccn2)o1)C(N)=O. The van der Waals surface area contributed by atoms with Gasteiger partial charge in [0.1, 0.15) is 5.69 Å². The number of hydrogen-bond acceptors (Lipinski definition) is 7. The van der Waals surface area contributed by atoms with Gasteiger partial charge < -0.3 is 10.2 Å². The van der Waals surface area contributed by atoms with Crippen LogP contribution in [0.2, 0.25) is 0 Å². The third-order valence-electron chi connectivity index (χ3n) is 1.87. The number of amides is 1. The molecule has 2 N–H and O–H groups in total. The van der Waals surface area contributed by atoms with Gasteiger partial charge in [0.2, 0.25) is 5.91 Å². The lowest BCUT2D eigenvalue weighted by atomic mass is 10.4. The summed E-state index contributed by atoms with van der Waals surface area (Å²) in [6.07, 6.45) is 4.59. The highest BCUT2D eigenvalue weighted by molar-refractivity contribution is 8.00. The number of aromatic nitrogens is 4.